The average molecular weight is 248 g/mol. The van der Waals surface area contributed by atoms with Crippen LogP contribution in [0.5, 0.6) is 0 Å². The Morgan fingerprint density at radius 3 is 2.67 bits per heavy atom. The number of carbonyl (C=O) groups excluding carboxylic acids is 1. The fourth-order valence-corrected chi connectivity index (χ4v) is 2.09. The third kappa shape index (κ3) is 1.97. The summed E-state index contributed by atoms with van der Waals surface area (Å²) in [6.45, 7) is 4.48. The normalized spacial score (nSPS) is 16.0. The summed E-state index contributed by atoms with van der Waals surface area (Å²) in [5.74, 6) is -1.15. The van der Waals surface area contributed by atoms with E-state index in [0.29, 0.717) is 17.7 Å². The first-order valence-corrected chi connectivity index (χ1v) is 5.84. The van der Waals surface area contributed by atoms with Crippen molar-refractivity contribution in [3.63, 3.8) is 0 Å². The fourth-order valence-electron chi connectivity index (χ4n) is 2.09. The molecule has 2 rings (SSSR count). The van der Waals surface area contributed by atoms with Gasteiger partial charge in [-0.15, -0.1) is 0 Å². The number of hydrogen-bond donors (Lipinski definition) is 2. The van der Waals surface area contributed by atoms with E-state index in [1.165, 1.54) is 0 Å². The summed E-state index contributed by atoms with van der Waals surface area (Å²) < 4.78 is 0. The molecular formula is C13H16N2O3. The molecule has 1 amide bonds. The Morgan fingerprint density at radius 1 is 1.44 bits per heavy atom. The first kappa shape index (κ1) is 12.6. The van der Waals surface area contributed by atoms with Crippen LogP contribution in [0.25, 0.3) is 0 Å². The zero-order valence-corrected chi connectivity index (χ0v) is 10.4. The molecular weight excluding hydrogens is 232 g/mol. The van der Waals surface area contributed by atoms with E-state index in [4.69, 9.17) is 10.8 Å². The molecule has 96 valence electrons. The number of aliphatic carboxylic acids is 1. The molecule has 5 heteroatoms. The van der Waals surface area contributed by atoms with Crippen molar-refractivity contribution in [1.82, 2.24) is 4.90 Å². The number of nitrogens with zero attached hydrogens (tertiary/aromatic N) is 1. The number of fused-ring (bicyclic) bond motifs is 1. The van der Waals surface area contributed by atoms with Gasteiger partial charge in [0.25, 0.3) is 5.91 Å². The van der Waals surface area contributed by atoms with Crippen molar-refractivity contribution < 1.29 is 14.7 Å². The molecule has 0 aromatic heterocycles. The van der Waals surface area contributed by atoms with Gasteiger partial charge in [0.1, 0.15) is 6.04 Å². The molecule has 0 aliphatic carbocycles. The Kier molecular flexibility index (Phi) is 3.09. The van der Waals surface area contributed by atoms with Crippen molar-refractivity contribution in [3.05, 3.63) is 34.9 Å². The first-order chi connectivity index (χ1) is 8.41. The summed E-state index contributed by atoms with van der Waals surface area (Å²) >= 11 is 0. The molecule has 1 heterocycles. The molecule has 18 heavy (non-hydrogen) atoms. The van der Waals surface area contributed by atoms with Gasteiger partial charge in [0, 0.05) is 18.2 Å². The SMILES string of the molecule is CC(C)N1Cc2ccc(C(N)C(=O)O)cc2C1=O. The monoisotopic (exact) mass is 248 g/mol. The topological polar surface area (TPSA) is 83.6 Å². The van der Waals surface area contributed by atoms with E-state index in [9.17, 15) is 9.59 Å². The van der Waals surface area contributed by atoms with Crippen LogP contribution in [0, 0.1) is 0 Å². The standard InChI is InChI=1S/C13H16N2O3/c1-7(2)15-6-9-4-3-8(11(14)13(17)18)5-10(9)12(15)16/h3-5,7,11H,6,14H2,1-2H3,(H,17,18). The lowest BCUT2D eigenvalue weighted by Gasteiger charge is -2.19. The van der Waals surface area contributed by atoms with Gasteiger partial charge in [-0.2, -0.15) is 0 Å². The van der Waals surface area contributed by atoms with Crippen LogP contribution in [-0.2, 0) is 11.3 Å². The molecule has 1 aromatic carbocycles. The van der Waals surface area contributed by atoms with Crippen LogP contribution in [0.3, 0.4) is 0 Å². The molecule has 0 spiro atoms. The van der Waals surface area contributed by atoms with Crippen LogP contribution in [0.4, 0.5) is 0 Å². The molecule has 1 aromatic rings. The van der Waals surface area contributed by atoms with Crippen LogP contribution >= 0.6 is 0 Å². The number of carbonyl (C=O) groups is 2. The van der Waals surface area contributed by atoms with Crippen molar-refractivity contribution in [3.8, 4) is 0 Å². The van der Waals surface area contributed by atoms with Crippen molar-refractivity contribution in [2.45, 2.75) is 32.5 Å². The van der Waals surface area contributed by atoms with Gasteiger partial charge < -0.3 is 15.7 Å². The highest BCUT2D eigenvalue weighted by atomic mass is 16.4. The van der Waals surface area contributed by atoms with E-state index in [-0.39, 0.29) is 11.9 Å². The minimum absolute atomic E-state index is 0.0561. The summed E-state index contributed by atoms with van der Waals surface area (Å²) in [7, 11) is 0. The van der Waals surface area contributed by atoms with E-state index in [1.54, 1.807) is 23.1 Å². The number of benzene rings is 1. The molecule has 1 atom stereocenters. The Morgan fingerprint density at radius 2 is 2.11 bits per heavy atom. The zero-order chi connectivity index (χ0) is 13.4. The molecule has 0 saturated heterocycles. The predicted molar refractivity (Wildman–Crippen MR) is 66.0 cm³/mol. The van der Waals surface area contributed by atoms with Crippen molar-refractivity contribution in [2.75, 3.05) is 0 Å². The molecule has 3 N–H and O–H groups in total. The van der Waals surface area contributed by atoms with Gasteiger partial charge in [-0.3, -0.25) is 9.59 Å². The Labute approximate surface area is 105 Å². The average Bonchev–Trinajstić information content (AvgIpc) is 2.65. The highest BCUT2D eigenvalue weighted by Gasteiger charge is 2.30. The van der Waals surface area contributed by atoms with Gasteiger partial charge in [0.05, 0.1) is 0 Å². The van der Waals surface area contributed by atoms with Gasteiger partial charge >= 0.3 is 5.97 Å². The molecule has 1 aliphatic heterocycles. The van der Waals surface area contributed by atoms with Crippen molar-refractivity contribution in [1.29, 1.82) is 0 Å². The van der Waals surface area contributed by atoms with Gasteiger partial charge in [-0.1, -0.05) is 12.1 Å². The van der Waals surface area contributed by atoms with E-state index < -0.39 is 12.0 Å². The highest BCUT2D eigenvalue weighted by Crippen LogP contribution is 2.27. The van der Waals surface area contributed by atoms with E-state index in [0.717, 1.165) is 5.56 Å². The van der Waals surface area contributed by atoms with Crippen LogP contribution in [0.1, 0.15) is 41.4 Å². The number of nitrogens with two attached hydrogens (primary N) is 1. The molecule has 0 saturated carbocycles. The van der Waals surface area contributed by atoms with Crippen LogP contribution in [-0.4, -0.2) is 27.9 Å². The Bertz CT molecular complexity index is 511. The molecule has 0 fully saturated rings. The summed E-state index contributed by atoms with van der Waals surface area (Å²) in [5, 5.41) is 8.87. The van der Waals surface area contributed by atoms with Gasteiger partial charge in [0.15, 0.2) is 0 Å². The summed E-state index contributed by atoms with van der Waals surface area (Å²) in [6.07, 6.45) is 0. The Hall–Kier alpha value is -1.88. The molecule has 5 nitrogen and oxygen atoms in total. The minimum Gasteiger partial charge on any atom is -0.480 e. The number of carboxylic acids is 1. The second-order valence-corrected chi connectivity index (χ2v) is 4.76. The lowest BCUT2D eigenvalue weighted by atomic mass is 10.0. The highest BCUT2D eigenvalue weighted by molar-refractivity contribution is 5.99. The maximum Gasteiger partial charge on any atom is 0.325 e. The number of amides is 1. The largest absolute Gasteiger partial charge is 0.480 e. The maximum absolute atomic E-state index is 12.1. The second kappa shape index (κ2) is 4.42. The lowest BCUT2D eigenvalue weighted by Crippen LogP contribution is -2.30. The maximum atomic E-state index is 12.1. The number of rotatable bonds is 3. The fraction of sp³-hybridized carbons (Fsp3) is 0.385. The van der Waals surface area contributed by atoms with Gasteiger partial charge in [-0.25, -0.2) is 0 Å². The van der Waals surface area contributed by atoms with Crippen LogP contribution in [0.15, 0.2) is 18.2 Å². The van der Waals surface area contributed by atoms with Crippen molar-refractivity contribution >= 4 is 11.9 Å². The van der Waals surface area contributed by atoms with Gasteiger partial charge in [0.2, 0.25) is 0 Å². The summed E-state index contributed by atoms with van der Waals surface area (Å²) in [5.41, 5.74) is 7.50. The van der Waals surface area contributed by atoms with Crippen LogP contribution in [0.2, 0.25) is 0 Å². The smallest absolute Gasteiger partial charge is 0.325 e. The zero-order valence-electron chi connectivity index (χ0n) is 10.4. The van der Waals surface area contributed by atoms with E-state index >= 15 is 0 Å². The molecule has 1 unspecified atom stereocenters. The first-order valence-electron chi connectivity index (χ1n) is 5.84. The second-order valence-electron chi connectivity index (χ2n) is 4.76. The Balaban J connectivity index is 2.36. The van der Waals surface area contributed by atoms with Crippen LogP contribution < -0.4 is 5.73 Å². The van der Waals surface area contributed by atoms with Crippen molar-refractivity contribution in [2.24, 2.45) is 5.73 Å². The third-order valence-corrected chi connectivity index (χ3v) is 3.21. The number of hydrogen-bond acceptors (Lipinski definition) is 3. The quantitative estimate of drug-likeness (QED) is 0.840. The van der Waals surface area contributed by atoms with Gasteiger partial charge in [-0.05, 0) is 31.0 Å². The third-order valence-electron chi connectivity index (χ3n) is 3.21. The molecule has 1 aliphatic rings. The molecule has 0 radical (unpaired) electrons. The lowest BCUT2D eigenvalue weighted by molar-refractivity contribution is -0.138. The summed E-state index contributed by atoms with van der Waals surface area (Å²) in [6, 6.07) is 4.10. The van der Waals surface area contributed by atoms with E-state index in [1.807, 2.05) is 13.8 Å². The predicted octanol–water partition coefficient (Wildman–Crippen LogP) is 1.14. The number of carboxylic acid groups (broad SMARTS) is 1. The summed E-state index contributed by atoms with van der Waals surface area (Å²) in [4.78, 5) is 24.7. The minimum atomic E-state index is -1.10. The molecule has 0 bridgehead atoms. The van der Waals surface area contributed by atoms with E-state index in [2.05, 4.69) is 0 Å².